The third-order valence-corrected chi connectivity index (χ3v) is 2.43. The molecule has 0 aromatic heterocycles. The number of para-hydroxylation sites is 1. The van der Waals surface area contributed by atoms with Crippen molar-refractivity contribution in [1.82, 2.24) is 5.32 Å². The van der Waals surface area contributed by atoms with E-state index in [1.54, 1.807) is 6.08 Å². The van der Waals surface area contributed by atoms with Gasteiger partial charge in [-0.1, -0.05) is 38.1 Å². The minimum absolute atomic E-state index is 0.0278. The molecule has 0 aliphatic carbocycles. The maximum Gasteiger partial charge on any atom is 0.238 e. The van der Waals surface area contributed by atoms with Crippen LogP contribution in [0.3, 0.4) is 0 Å². The highest BCUT2D eigenvalue weighted by atomic mass is 16.1. The smallest absolute Gasteiger partial charge is 0.238 e. The van der Waals surface area contributed by atoms with Crippen LogP contribution in [0, 0.1) is 0 Å². The van der Waals surface area contributed by atoms with Gasteiger partial charge < -0.3 is 10.6 Å². The molecule has 0 aliphatic rings. The van der Waals surface area contributed by atoms with Gasteiger partial charge in [-0.25, -0.2) is 0 Å². The van der Waals surface area contributed by atoms with Crippen LogP contribution in [0.15, 0.2) is 36.9 Å². The van der Waals surface area contributed by atoms with Gasteiger partial charge in [0.1, 0.15) is 0 Å². The number of hydrogen-bond acceptors (Lipinski definition) is 2. The van der Waals surface area contributed by atoms with Crippen molar-refractivity contribution in [3.05, 3.63) is 42.5 Å². The summed E-state index contributed by atoms with van der Waals surface area (Å²) < 4.78 is 0. The SMILES string of the molecule is C=CCNCC(=O)Nc1ccccc1C(C)C. The number of benzene rings is 1. The summed E-state index contributed by atoms with van der Waals surface area (Å²) in [6.07, 6.45) is 1.73. The zero-order valence-corrected chi connectivity index (χ0v) is 10.5. The Labute approximate surface area is 103 Å². The normalized spacial score (nSPS) is 10.3. The maximum atomic E-state index is 11.7. The van der Waals surface area contributed by atoms with Gasteiger partial charge in [-0.3, -0.25) is 4.79 Å². The van der Waals surface area contributed by atoms with Crippen LogP contribution in [0.2, 0.25) is 0 Å². The van der Waals surface area contributed by atoms with Gasteiger partial charge in [0, 0.05) is 12.2 Å². The van der Waals surface area contributed by atoms with Crippen molar-refractivity contribution in [2.24, 2.45) is 0 Å². The highest BCUT2D eigenvalue weighted by molar-refractivity contribution is 5.93. The summed E-state index contributed by atoms with van der Waals surface area (Å²) in [6, 6.07) is 7.89. The lowest BCUT2D eigenvalue weighted by Gasteiger charge is -2.13. The predicted molar refractivity (Wildman–Crippen MR) is 72.2 cm³/mol. The van der Waals surface area contributed by atoms with E-state index >= 15 is 0 Å². The van der Waals surface area contributed by atoms with Gasteiger partial charge in [0.05, 0.1) is 6.54 Å². The van der Waals surface area contributed by atoms with E-state index in [1.807, 2.05) is 24.3 Å². The molecule has 0 fully saturated rings. The van der Waals surface area contributed by atoms with Crippen molar-refractivity contribution in [3.8, 4) is 0 Å². The van der Waals surface area contributed by atoms with E-state index < -0.39 is 0 Å². The predicted octanol–water partition coefficient (Wildman–Crippen LogP) is 2.52. The minimum atomic E-state index is -0.0278. The Morgan fingerprint density at radius 1 is 1.41 bits per heavy atom. The lowest BCUT2D eigenvalue weighted by atomic mass is 10.0. The average molecular weight is 232 g/mol. The molecule has 1 amide bonds. The van der Waals surface area contributed by atoms with Gasteiger partial charge in [0.2, 0.25) is 5.91 Å². The fourth-order valence-electron chi connectivity index (χ4n) is 1.60. The molecule has 0 aliphatic heterocycles. The largest absolute Gasteiger partial charge is 0.325 e. The Morgan fingerprint density at radius 3 is 2.76 bits per heavy atom. The highest BCUT2D eigenvalue weighted by Crippen LogP contribution is 2.23. The zero-order chi connectivity index (χ0) is 12.7. The monoisotopic (exact) mass is 232 g/mol. The first-order chi connectivity index (χ1) is 8.15. The first-order valence-electron chi connectivity index (χ1n) is 5.85. The van der Waals surface area contributed by atoms with Gasteiger partial charge >= 0.3 is 0 Å². The Bertz CT molecular complexity index is 386. The van der Waals surface area contributed by atoms with E-state index in [2.05, 4.69) is 31.1 Å². The molecule has 1 aromatic rings. The van der Waals surface area contributed by atoms with Crippen LogP contribution in [0.5, 0.6) is 0 Å². The van der Waals surface area contributed by atoms with E-state index in [1.165, 1.54) is 0 Å². The summed E-state index contributed by atoms with van der Waals surface area (Å²) in [4.78, 5) is 11.7. The van der Waals surface area contributed by atoms with Gasteiger partial charge in [0.25, 0.3) is 0 Å². The molecule has 17 heavy (non-hydrogen) atoms. The second-order valence-corrected chi connectivity index (χ2v) is 4.21. The van der Waals surface area contributed by atoms with Gasteiger partial charge in [-0.2, -0.15) is 0 Å². The number of anilines is 1. The first kappa shape index (κ1) is 13.5. The van der Waals surface area contributed by atoms with Crippen LogP contribution in [0.25, 0.3) is 0 Å². The fourth-order valence-corrected chi connectivity index (χ4v) is 1.60. The zero-order valence-electron chi connectivity index (χ0n) is 10.5. The lowest BCUT2D eigenvalue weighted by molar-refractivity contribution is -0.115. The summed E-state index contributed by atoms with van der Waals surface area (Å²) in [7, 11) is 0. The summed E-state index contributed by atoms with van der Waals surface area (Å²) in [5.41, 5.74) is 2.05. The Hall–Kier alpha value is -1.61. The van der Waals surface area contributed by atoms with E-state index in [0.717, 1.165) is 11.3 Å². The molecular formula is C14H20N2O. The standard InChI is InChI=1S/C14H20N2O/c1-4-9-15-10-14(17)16-13-8-6-5-7-12(13)11(2)3/h4-8,11,15H,1,9-10H2,2-3H3,(H,16,17). The number of nitrogens with one attached hydrogen (secondary N) is 2. The Morgan fingerprint density at radius 2 is 2.12 bits per heavy atom. The Kier molecular flexibility index (Phi) is 5.43. The van der Waals surface area contributed by atoms with Crippen molar-refractivity contribution in [3.63, 3.8) is 0 Å². The van der Waals surface area contributed by atoms with Crippen LogP contribution in [-0.4, -0.2) is 19.0 Å². The van der Waals surface area contributed by atoms with Crippen molar-refractivity contribution in [2.45, 2.75) is 19.8 Å². The van der Waals surface area contributed by atoms with Gasteiger partial charge in [-0.05, 0) is 17.5 Å². The molecule has 0 spiro atoms. The van der Waals surface area contributed by atoms with Crippen molar-refractivity contribution < 1.29 is 4.79 Å². The average Bonchev–Trinajstić information content (AvgIpc) is 2.29. The molecule has 1 rings (SSSR count). The molecule has 0 unspecified atom stereocenters. The summed E-state index contributed by atoms with van der Waals surface area (Å²) in [5, 5.41) is 5.89. The quantitative estimate of drug-likeness (QED) is 0.584. The molecule has 0 saturated heterocycles. The van der Waals surface area contributed by atoms with Gasteiger partial charge in [0.15, 0.2) is 0 Å². The maximum absolute atomic E-state index is 11.7. The molecule has 2 N–H and O–H groups in total. The highest BCUT2D eigenvalue weighted by Gasteiger charge is 2.08. The van der Waals surface area contributed by atoms with Crippen molar-refractivity contribution in [1.29, 1.82) is 0 Å². The topological polar surface area (TPSA) is 41.1 Å². The second kappa shape index (κ2) is 6.86. The van der Waals surface area contributed by atoms with Gasteiger partial charge in [-0.15, -0.1) is 6.58 Å². The number of hydrogen-bond donors (Lipinski definition) is 2. The molecule has 1 aromatic carbocycles. The van der Waals surface area contributed by atoms with Crippen LogP contribution in [0.4, 0.5) is 5.69 Å². The van der Waals surface area contributed by atoms with Crippen LogP contribution < -0.4 is 10.6 Å². The lowest BCUT2D eigenvalue weighted by Crippen LogP contribution is -2.28. The molecular weight excluding hydrogens is 212 g/mol. The molecule has 3 nitrogen and oxygen atoms in total. The minimum Gasteiger partial charge on any atom is -0.325 e. The third-order valence-electron chi connectivity index (χ3n) is 2.43. The van der Waals surface area contributed by atoms with Crippen molar-refractivity contribution in [2.75, 3.05) is 18.4 Å². The molecule has 92 valence electrons. The summed E-state index contributed by atoms with van der Waals surface area (Å²) in [5.74, 6) is 0.368. The molecule has 0 saturated carbocycles. The number of amides is 1. The second-order valence-electron chi connectivity index (χ2n) is 4.21. The number of rotatable bonds is 6. The van der Waals surface area contributed by atoms with Crippen molar-refractivity contribution >= 4 is 11.6 Å². The first-order valence-corrected chi connectivity index (χ1v) is 5.85. The van der Waals surface area contributed by atoms with Crippen LogP contribution >= 0.6 is 0 Å². The summed E-state index contributed by atoms with van der Waals surface area (Å²) >= 11 is 0. The van der Waals surface area contributed by atoms with E-state index in [-0.39, 0.29) is 5.91 Å². The molecule has 3 heteroatoms. The Balaban J connectivity index is 2.61. The molecule has 0 bridgehead atoms. The third kappa shape index (κ3) is 4.41. The molecule has 0 heterocycles. The number of carbonyl (C=O) groups excluding carboxylic acids is 1. The van der Waals surface area contributed by atoms with Crippen LogP contribution in [-0.2, 0) is 4.79 Å². The fraction of sp³-hybridized carbons (Fsp3) is 0.357. The van der Waals surface area contributed by atoms with Crippen LogP contribution in [0.1, 0.15) is 25.3 Å². The number of carbonyl (C=O) groups is 1. The summed E-state index contributed by atoms with van der Waals surface area (Å²) in [6.45, 7) is 8.75. The van der Waals surface area contributed by atoms with E-state index in [4.69, 9.17) is 0 Å². The molecule has 0 atom stereocenters. The van der Waals surface area contributed by atoms with E-state index in [0.29, 0.717) is 19.0 Å². The van der Waals surface area contributed by atoms with E-state index in [9.17, 15) is 4.79 Å². The molecule has 0 radical (unpaired) electrons.